The molecule has 106 valence electrons. The third-order valence-corrected chi connectivity index (χ3v) is 2.78. The predicted octanol–water partition coefficient (Wildman–Crippen LogP) is 0.927. The van der Waals surface area contributed by atoms with Gasteiger partial charge in [0.05, 0.1) is 13.2 Å². The van der Waals surface area contributed by atoms with Crippen LogP contribution in [0.3, 0.4) is 0 Å². The minimum atomic E-state index is 0.126. The monoisotopic (exact) mass is 267 g/mol. The van der Waals surface area contributed by atoms with E-state index in [2.05, 4.69) is 20.3 Å². The summed E-state index contributed by atoms with van der Waals surface area (Å²) in [6.45, 7) is 4.22. The first-order chi connectivity index (χ1) is 9.19. The maximum Gasteiger partial charge on any atom is 0.323 e. The Morgan fingerprint density at radius 1 is 1.26 bits per heavy atom. The standard InChI is InChI=1S/C12H21N5O2/c1-4-13-10-14-11(17(2)3)16-12(15-10)19-9-5-7-18-8-6-9/h9H,4-8H2,1-3H3,(H,13,14,15,16). The molecule has 1 aliphatic rings. The first-order valence-electron chi connectivity index (χ1n) is 6.60. The summed E-state index contributed by atoms with van der Waals surface area (Å²) in [4.78, 5) is 14.7. The minimum absolute atomic E-state index is 0.126. The summed E-state index contributed by atoms with van der Waals surface area (Å²) in [5.74, 6) is 1.14. The maximum absolute atomic E-state index is 5.82. The number of hydrogen-bond acceptors (Lipinski definition) is 7. The van der Waals surface area contributed by atoms with E-state index in [1.807, 2.05) is 25.9 Å². The second-order valence-electron chi connectivity index (χ2n) is 4.60. The Hall–Kier alpha value is -1.63. The second-order valence-corrected chi connectivity index (χ2v) is 4.60. The third kappa shape index (κ3) is 3.92. The van der Waals surface area contributed by atoms with Gasteiger partial charge in [-0.2, -0.15) is 15.0 Å². The summed E-state index contributed by atoms with van der Waals surface area (Å²) in [6, 6.07) is 0.376. The summed E-state index contributed by atoms with van der Waals surface area (Å²) in [5.41, 5.74) is 0. The number of anilines is 2. The average Bonchev–Trinajstić information content (AvgIpc) is 2.40. The Morgan fingerprint density at radius 2 is 2.00 bits per heavy atom. The second kappa shape index (κ2) is 6.51. The van der Waals surface area contributed by atoms with Gasteiger partial charge in [0.1, 0.15) is 6.10 Å². The normalized spacial score (nSPS) is 16.2. The number of rotatable bonds is 5. The molecule has 0 radical (unpaired) electrons. The molecule has 2 heterocycles. The zero-order valence-electron chi connectivity index (χ0n) is 11.7. The van der Waals surface area contributed by atoms with Crippen molar-refractivity contribution in [2.75, 3.05) is 44.1 Å². The minimum Gasteiger partial charge on any atom is -0.460 e. The first kappa shape index (κ1) is 13.8. The van der Waals surface area contributed by atoms with Crippen molar-refractivity contribution in [1.82, 2.24) is 15.0 Å². The predicted molar refractivity (Wildman–Crippen MR) is 72.8 cm³/mol. The van der Waals surface area contributed by atoms with E-state index in [4.69, 9.17) is 9.47 Å². The molecule has 0 aliphatic carbocycles. The summed E-state index contributed by atoms with van der Waals surface area (Å²) >= 11 is 0. The fraction of sp³-hybridized carbons (Fsp3) is 0.750. The largest absolute Gasteiger partial charge is 0.460 e. The van der Waals surface area contributed by atoms with E-state index in [0.717, 1.165) is 32.6 Å². The number of hydrogen-bond donors (Lipinski definition) is 1. The fourth-order valence-electron chi connectivity index (χ4n) is 1.78. The van der Waals surface area contributed by atoms with Crippen LogP contribution in [0.25, 0.3) is 0 Å². The smallest absolute Gasteiger partial charge is 0.323 e. The molecular weight excluding hydrogens is 246 g/mol. The molecule has 1 fully saturated rings. The molecule has 0 unspecified atom stereocenters. The van der Waals surface area contributed by atoms with Crippen LogP contribution in [0.1, 0.15) is 19.8 Å². The molecule has 0 atom stereocenters. The number of nitrogens with zero attached hydrogens (tertiary/aromatic N) is 4. The van der Waals surface area contributed by atoms with E-state index in [1.165, 1.54) is 0 Å². The van der Waals surface area contributed by atoms with E-state index in [-0.39, 0.29) is 6.10 Å². The average molecular weight is 267 g/mol. The van der Waals surface area contributed by atoms with E-state index in [0.29, 0.717) is 17.9 Å². The van der Waals surface area contributed by atoms with Gasteiger partial charge in [-0.15, -0.1) is 0 Å². The molecule has 0 amide bonds. The summed E-state index contributed by atoms with van der Waals surface area (Å²) in [6.07, 6.45) is 1.87. The lowest BCUT2D eigenvalue weighted by molar-refractivity contribution is 0.0217. The molecule has 1 aromatic heterocycles. The van der Waals surface area contributed by atoms with Crippen LogP contribution in [0.2, 0.25) is 0 Å². The van der Waals surface area contributed by atoms with Gasteiger partial charge in [0.2, 0.25) is 11.9 Å². The van der Waals surface area contributed by atoms with Crippen LogP contribution in [0.15, 0.2) is 0 Å². The van der Waals surface area contributed by atoms with Crippen molar-refractivity contribution in [2.24, 2.45) is 0 Å². The van der Waals surface area contributed by atoms with Crippen molar-refractivity contribution < 1.29 is 9.47 Å². The quantitative estimate of drug-likeness (QED) is 0.850. The van der Waals surface area contributed by atoms with Crippen LogP contribution in [0.4, 0.5) is 11.9 Å². The number of aromatic nitrogens is 3. The Morgan fingerprint density at radius 3 is 2.63 bits per heavy atom. The zero-order chi connectivity index (χ0) is 13.7. The van der Waals surface area contributed by atoms with Gasteiger partial charge in [-0.3, -0.25) is 0 Å². The molecule has 7 nitrogen and oxygen atoms in total. The molecule has 0 spiro atoms. The van der Waals surface area contributed by atoms with Crippen LogP contribution in [-0.2, 0) is 4.74 Å². The van der Waals surface area contributed by atoms with Crippen LogP contribution in [0.5, 0.6) is 6.01 Å². The highest BCUT2D eigenvalue weighted by Crippen LogP contribution is 2.17. The van der Waals surface area contributed by atoms with Gasteiger partial charge in [-0.05, 0) is 6.92 Å². The highest BCUT2D eigenvalue weighted by atomic mass is 16.5. The summed E-state index contributed by atoms with van der Waals surface area (Å²) < 4.78 is 11.1. The van der Waals surface area contributed by atoms with Gasteiger partial charge in [0, 0.05) is 33.5 Å². The molecule has 0 saturated carbocycles. The lowest BCUT2D eigenvalue weighted by Crippen LogP contribution is -2.27. The fourth-order valence-corrected chi connectivity index (χ4v) is 1.78. The molecule has 1 aromatic rings. The van der Waals surface area contributed by atoms with Gasteiger partial charge in [0.25, 0.3) is 0 Å². The Bertz CT molecular complexity index is 407. The van der Waals surface area contributed by atoms with Gasteiger partial charge >= 0.3 is 6.01 Å². The lowest BCUT2D eigenvalue weighted by atomic mass is 10.2. The van der Waals surface area contributed by atoms with Gasteiger partial charge in [0.15, 0.2) is 0 Å². The van der Waals surface area contributed by atoms with Crippen molar-refractivity contribution >= 4 is 11.9 Å². The number of nitrogens with one attached hydrogen (secondary N) is 1. The van der Waals surface area contributed by atoms with E-state index in [9.17, 15) is 0 Å². The van der Waals surface area contributed by atoms with Crippen molar-refractivity contribution in [3.63, 3.8) is 0 Å². The number of ether oxygens (including phenoxy) is 2. The van der Waals surface area contributed by atoms with Crippen molar-refractivity contribution in [2.45, 2.75) is 25.9 Å². The SMILES string of the molecule is CCNc1nc(OC2CCOCC2)nc(N(C)C)n1. The summed E-state index contributed by atoms with van der Waals surface area (Å²) in [7, 11) is 3.78. The van der Waals surface area contributed by atoms with Crippen LogP contribution in [0, 0.1) is 0 Å². The van der Waals surface area contributed by atoms with Gasteiger partial charge in [-0.1, -0.05) is 0 Å². The van der Waals surface area contributed by atoms with Crippen LogP contribution < -0.4 is 15.0 Å². The molecule has 19 heavy (non-hydrogen) atoms. The Balaban J connectivity index is 2.12. The van der Waals surface area contributed by atoms with E-state index < -0.39 is 0 Å². The van der Waals surface area contributed by atoms with Crippen molar-refractivity contribution in [3.05, 3.63) is 0 Å². The lowest BCUT2D eigenvalue weighted by Gasteiger charge is -2.22. The van der Waals surface area contributed by atoms with Gasteiger partial charge in [-0.25, -0.2) is 0 Å². The molecule has 2 rings (SSSR count). The molecule has 7 heteroatoms. The van der Waals surface area contributed by atoms with Crippen molar-refractivity contribution in [1.29, 1.82) is 0 Å². The molecule has 1 saturated heterocycles. The zero-order valence-corrected chi connectivity index (χ0v) is 11.7. The van der Waals surface area contributed by atoms with Crippen molar-refractivity contribution in [3.8, 4) is 6.01 Å². The van der Waals surface area contributed by atoms with Crippen LogP contribution >= 0.6 is 0 Å². The first-order valence-corrected chi connectivity index (χ1v) is 6.60. The molecule has 0 bridgehead atoms. The highest BCUT2D eigenvalue weighted by molar-refractivity contribution is 5.36. The Labute approximate surface area is 113 Å². The third-order valence-electron chi connectivity index (χ3n) is 2.78. The maximum atomic E-state index is 5.82. The molecular formula is C12H21N5O2. The summed E-state index contributed by atoms with van der Waals surface area (Å²) in [5, 5.41) is 3.09. The molecule has 1 N–H and O–H groups in total. The Kier molecular flexibility index (Phi) is 4.73. The van der Waals surface area contributed by atoms with Gasteiger partial charge < -0.3 is 19.7 Å². The molecule has 1 aliphatic heterocycles. The highest BCUT2D eigenvalue weighted by Gasteiger charge is 2.18. The topological polar surface area (TPSA) is 72.4 Å². The van der Waals surface area contributed by atoms with E-state index >= 15 is 0 Å². The van der Waals surface area contributed by atoms with Crippen LogP contribution in [-0.4, -0.2) is 54.9 Å². The molecule has 0 aromatic carbocycles. The van der Waals surface area contributed by atoms with E-state index in [1.54, 1.807) is 0 Å².